The Morgan fingerprint density at radius 2 is 1.72 bits per heavy atom. The molecule has 2 aromatic rings. The van der Waals surface area contributed by atoms with E-state index in [1.165, 1.54) is 6.08 Å². The fourth-order valence-corrected chi connectivity index (χ4v) is 2.65. The first-order valence-corrected chi connectivity index (χ1v) is 9.40. The highest BCUT2D eigenvalue weighted by molar-refractivity contribution is 6.07. The minimum absolute atomic E-state index is 0.0334. The van der Waals surface area contributed by atoms with Gasteiger partial charge in [-0.1, -0.05) is 18.2 Å². The van der Waals surface area contributed by atoms with Gasteiger partial charge in [-0.15, -0.1) is 0 Å². The molecule has 0 spiro atoms. The Hall–Kier alpha value is -3.59. The normalized spacial score (nSPS) is 10.4. The van der Waals surface area contributed by atoms with Crippen molar-refractivity contribution in [3.05, 3.63) is 65.7 Å². The van der Waals surface area contributed by atoms with Gasteiger partial charge in [0.1, 0.15) is 17.6 Å². The Kier molecular flexibility index (Phi) is 8.46. The van der Waals surface area contributed by atoms with Crippen LogP contribution in [0.25, 0.3) is 6.08 Å². The molecule has 2 aromatic carbocycles. The maximum Gasteiger partial charge on any atom is 0.260 e. The maximum atomic E-state index is 12.4. The topological polar surface area (TPSA) is 79.6 Å². The quantitative estimate of drug-likeness (QED) is 0.455. The molecule has 0 saturated carbocycles. The first-order chi connectivity index (χ1) is 14.1. The third-order valence-electron chi connectivity index (χ3n) is 4.24. The van der Waals surface area contributed by atoms with E-state index in [1.807, 2.05) is 26.0 Å². The van der Waals surface area contributed by atoms with Gasteiger partial charge in [0.05, 0.1) is 0 Å². The van der Waals surface area contributed by atoms with Crippen LogP contribution in [-0.4, -0.2) is 42.9 Å². The monoisotopic (exact) mass is 392 g/mol. The second kappa shape index (κ2) is 11.3. The van der Waals surface area contributed by atoms with Crippen molar-refractivity contribution in [1.82, 2.24) is 4.90 Å². The molecule has 0 bridgehead atoms. The van der Waals surface area contributed by atoms with Crippen LogP contribution in [0.15, 0.2) is 54.6 Å². The van der Waals surface area contributed by atoms with E-state index in [0.717, 1.165) is 0 Å². The first-order valence-electron chi connectivity index (χ1n) is 9.40. The second-order valence-electron chi connectivity index (χ2n) is 6.06. The minimum atomic E-state index is -0.175. The highest BCUT2D eigenvalue weighted by atomic mass is 16.5. The standard InChI is InChI=1S/C23H24N2O4/c1-3-25(4-2)23(27)17-29-20-12-9-18(10-13-20)21(26)14-11-19-7-5-6-8-22(19)28-16-15-24/h5-14H,3-4,16-17H2,1-2H3/b14-11+. The molecule has 0 N–H and O–H groups in total. The van der Waals surface area contributed by atoms with Crippen LogP contribution in [0.5, 0.6) is 11.5 Å². The molecule has 2 rings (SSSR count). The van der Waals surface area contributed by atoms with Crippen molar-refractivity contribution in [2.45, 2.75) is 13.8 Å². The molecule has 0 aliphatic rings. The van der Waals surface area contributed by atoms with Crippen molar-refractivity contribution in [2.24, 2.45) is 0 Å². The molecule has 0 fully saturated rings. The van der Waals surface area contributed by atoms with Gasteiger partial charge >= 0.3 is 0 Å². The van der Waals surface area contributed by atoms with Gasteiger partial charge in [-0.2, -0.15) is 5.26 Å². The van der Waals surface area contributed by atoms with Gasteiger partial charge in [0.2, 0.25) is 0 Å². The summed E-state index contributed by atoms with van der Waals surface area (Å²) in [5.74, 6) is 0.822. The van der Waals surface area contributed by atoms with Crippen LogP contribution < -0.4 is 9.47 Å². The first kappa shape index (κ1) is 21.7. The van der Waals surface area contributed by atoms with Crippen LogP contribution in [0, 0.1) is 11.3 Å². The zero-order valence-electron chi connectivity index (χ0n) is 16.6. The van der Waals surface area contributed by atoms with Crippen molar-refractivity contribution in [3.63, 3.8) is 0 Å². The zero-order valence-corrected chi connectivity index (χ0v) is 16.6. The summed E-state index contributed by atoms with van der Waals surface area (Å²) in [4.78, 5) is 26.1. The van der Waals surface area contributed by atoms with E-state index >= 15 is 0 Å². The molecule has 150 valence electrons. The molecule has 0 atom stereocenters. The van der Waals surface area contributed by atoms with Crippen LogP contribution in [0.4, 0.5) is 0 Å². The maximum absolute atomic E-state index is 12.4. The number of nitriles is 1. The number of rotatable bonds is 10. The zero-order chi connectivity index (χ0) is 21.1. The molecule has 6 heteroatoms. The summed E-state index contributed by atoms with van der Waals surface area (Å²) in [5.41, 5.74) is 1.21. The molecule has 1 amide bonds. The number of carbonyl (C=O) groups is 2. The second-order valence-corrected chi connectivity index (χ2v) is 6.06. The molecule has 0 radical (unpaired) electrons. The molecule has 0 unspecified atom stereocenters. The number of amides is 1. The van der Waals surface area contributed by atoms with Crippen molar-refractivity contribution < 1.29 is 19.1 Å². The molecule has 0 aliphatic carbocycles. The van der Waals surface area contributed by atoms with Gasteiger partial charge in [0, 0.05) is 24.2 Å². The summed E-state index contributed by atoms with van der Waals surface area (Å²) in [7, 11) is 0. The third-order valence-corrected chi connectivity index (χ3v) is 4.24. The van der Waals surface area contributed by atoms with Gasteiger partial charge in [0.25, 0.3) is 5.91 Å². The highest BCUT2D eigenvalue weighted by Crippen LogP contribution is 2.20. The number of benzene rings is 2. The summed E-state index contributed by atoms with van der Waals surface area (Å²) < 4.78 is 10.9. The van der Waals surface area contributed by atoms with Gasteiger partial charge in [-0.3, -0.25) is 9.59 Å². The summed E-state index contributed by atoms with van der Waals surface area (Å²) in [6, 6.07) is 15.7. The number of ketones is 1. The van der Waals surface area contributed by atoms with Crippen LogP contribution >= 0.6 is 0 Å². The average Bonchev–Trinajstić information content (AvgIpc) is 2.76. The minimum Gasteiger partial charge on any atom is -0.484 e. The van der Waals surface area contributed by atoms with E-state index in [0.29, 0.717) is 35.7 Å². The number of likely N-dealkylation sites (N-methyl/N-ethyl adjacent to an activating group) is 1. The van der Waals surface area contributed by atoms with E-state index in [2.05, 4.69) is 0 Å². The van der Waals surface area contributed by atoms with Gasteiger partial charge in [-0.05, 0) is 56.3 Å². The van der Waals surface area contributed by atoms with Gasteiger partial charge in [-0.25, -0.2) is 0 Å². The van der Waals surface area contributed by atoms with E-state index in [9.17, 15) is 9.59 Å². The van der Waals surface area contributed by atoms with Gasteiger partial charge in [0.15, 0.2) is 19.0 Å². The SMILES string of the molecule is CCN(CC)C(=O)COc1ccc(C(=O)/C=C/c2ccccc2OCC#N)cc1. The number of hydrogen-bond acceptors (Lipinski definition) is 5. The summed E-state index contributed by atoms with van der Waals surface area (Å²) in [5, 5.41) is 8.65. The Morgan fingerprint density at radius 1 is 1.03 bits per heavy atom. The Labute approximate surface area is 171 Å². The summed E-state index contributed by atoms with van der Waals surface area (Å²) >= 11 is 0. The number of nitrogens with zero attached hydrogens (tertiary/aromatic N) is 2. The number of carbonyl (C=O) groups excluding carboxylic acids is 2. The van der Waals surface area contributed by atoms with Crippen LogP contribution in [0.1, 0.15) is 29.8 Å². The molecule has 0 aliphatic heterocycles. The predicted molar refractivity (Wildman–Crippen MR) is 111 cm³/mol. The summed E-state index contributed by atoms with van der Waals surface area (Å²) in [6.07, 6.45) is 3.11. The number of hydrogen-bond donors (Lipinski definition) is 0. The van der Waals surface area contributed by atoms with Crippen molar-refractivity contribution in [2.75, 3.05) is 26.3 Å². The van der Waals surface area contributed by atoms with Crippen LogP contribution in [0.2, 0.25) is 0 Å². The average molecular weight is 392 g/mol. The Balaban J connectivity index is 1.98. The fraction of sp³-hybridized carbons (Fsp3) is 0.261. The van der Waals surface area contributed by atoms with Crippen LogP contribution in [0.3, 0.4) is 0 Å². The summed E-state index contributed by atoms with van der Waals surface area (Å²) in [6.45, 7) is 5.03. The molecule has 29 heavy (non-hydrogen) atoms. The molecule has 6 nitrogen and oxygen atoms in total. The predicted octanol–water partition coefficient (Wildman–Crippen LogP) is 3.73. The van der Waals surface area contributed by atoms with Crippen molar-refractivity contribution >= 4 is 17.8 Å². The molecular weight excluding hydrogens is 368 g/mol. The fourth-order valence-electron chi connectivity index (χ4n) is 2.65. The molecular formula is C23H24N2O4. The largest absolute Gasteiger partial charge is 0.484 e. The molecule has 0 heterocycles. The van der Waals surface area contributed by atoms with Crippen LogP contribution in [-0.2, 0) is 4.79 Å². The van der Waals surface area contributed by atoms with Gasteiger partial charge < -0.3 is 14.4 Å². The lowest BCUT2D eigenvalue weighted by Crippen LogP contribution is -2.34. The number of allylic oxidation sites excluding steroid dienone is 1. The lowest BCUT2D eigenvalue weighted by atomic mass is 10.1. The lowest BCUT2D eigenvalue weighted by Gasteiger charge is -2.18. The lowest BCUT2D eigenvalue weighted by molar-refractivity contribution is -0.132. The number of para-hydroxylation sites is 1. The Morgan fingerprint density at radius 3 is 2.38 bits per heavy atom. The number of ether oxygens (including phenoxy) is 2. The van der Waals surface area contributed by atoms with E-state index < -0.39 is 0 Å². The van der Waals surface area contributed by atoms with E-state index in [1.54, 1.807) is 53.4 Å². The molecule has 0 saturated heterocycles. The van der Waals surface area contributed by atoms with E-state index in [-0.39, 0.29) is 24.9 Å². The Bertz CT molecular complexity index is 894. The van der Waals surface area contributed by atoms with E-state index in [4.69, 9.17) is 14.7 Å². The van der Waals surface area contributed by atoms with Crippen molar-refractivity contribution in [1.29, 1.82) is 5.26 Å². The molecule has 0 aromatic heterocycles. The van der Waals surface area contributed by atoms with Crippen molar-refractivity contribution in [3.8, 4) is 17.6 Å². The highest BCUT2D eigenvalue weighted by Gasteiger charge is 2.10. The third kappa shape index (κ3) is 6.51. The smallest absolute Gasteiger partial charge is 0.260 e.